The average molecular weight is 312 g/mol. The largest absolute Gasteiger partial charge is 0.347 e. The number of nitrogens with two attached hydrogens (primary N) is 1. The second-order valence-electron chi connectivity index (χ2n) is 6.31. The van der Waals surface area contributed by atoms with E-state index < -0.39 is 0 Å². The molecule has 1 saturated carbocycles. The van der Waals surface area contributed by atoms with Gasteiger partial charge in [0.1, 0.15) is 5.69 Å². The molecule has 1 amide bonds. The first-order valence-corrected chi connectivity index (χ1v) is 8.31. The van der Waals surface area contributed by atoms with Crippen molar-refractivity contribution in [3.63, 3.8) is 0 Å². The van der Waals surface area contributed by atoms with E-state index in [4.69, 9.17) is 5.73 Å². The van der Waals surface area contributed by atoms with Crippen LogP contribution in [-0.4, -0.2) is 15.7 Å². The zero-order chi connectivity index (χ0) is 16.2. The van der Waals surface area contributed by atoms with E-state index in [0.717, 1.165) is 24.0 Å². The monoisotopic (exact) mass is 312 g/mol. The molecule has 1 aromatic heterocycles. The van der Waals surface area contributed by atoms with Gasteiger partial charge in [0.05, 0.1) is 6.04 Å². The average Bonchev–Trinajstić information content (AvgIpc) is 3.23. The Morgan fingerprint density at radius 2 is 2.00 bits per heavy atom. The minimum atomic E-state index is -0.0642. The number of hydrogen-bond acceptors (Lipinski definition) is 3. The van der Waals surface area contributed by atoms with Crippen LogP contribution in [0.4, 0.5) is 0 Å². The minimum absolute atomic E-state index is 0.0272. The van der Waals surface area contributed by atoms with Crippen LogP contribution in [0.3, 0.4) is 0 Å². The van der Waals surface area contributed by atoms with E-state index in [1.54, 1.807) is 12.3 Å². The van der Waals surface area contributed by atoms with Crippen LogP contribution in [0.25, 0.3) is 0 Å². The maximum Gasteiger partial charge on any atom is 0.269 e. The van der Waals surface area contributed by atoms with Gasteiger partial charge in [-0.15, -0.1) is 0 Å². The molecule has 1 fully saturated rings. The second-order valence-corrected chi connectivity index (χ2v) is 6.31. The van der Waals surface area contributed by atoms with Crippen LogP contribution in [0, 0.1) is 0 Å². The van der Waals surface area contributed by atoms with Crippen molar-refractivity contribution in [2.75, 3.05) is 0 Å². The van der Waals surface area contributed by atoms with E-state index in [9.17, 15) is 4.79 Å². The number of carbonyl (C=O) groups excluding carboxylic acids is 1. The molecule has 0 bridgehead atoms. The Hall–Kier alpha value is -2.14. The van der Waals surface area contributed by atoms with Gasteiger partial charge in [-0.1, -0.05) is 37.1 Å². The van der Waals surface area contributed by atoms with E-state index in [2.05, 4.69) is 10.4 Å². The summed E-state index contributed by atoms with van der Waals surface area (Å²) in [7, 11) is 0. The van der Waals surface area contributed by atoms with E-state index in [0.29, 0.717) is 18.3 Å². The lowest BCUT2D eigenvalue weighted by Gasteiger charge is -2.14. The number of nitrogens with one attached hydrogen (secondary N) is 1. The summed E-state index contributed by atoms with van der Waals surface area (Å²) in [6.07, 6.45) is 6.38. The predicted molar refractivity (Wildman–Crippen MR) is 89.9 cm³/mol. The van der Waals surface area contributed by atoms with Crippen LogP contribution in [0.2, 0.25) is 0 Å². The van der Waals surface area contributed by atoms with Gasteiger partial charge in [-0.25, -0.2) is 0 Å². The molecule has 3 rings (SSSR count). The first-order valence-electron chi connectivity index (χ1n) is 8.31. The number of hydrogen-bond donors (Lipinski definition) is 2. The zero-order valence-corrected chi connectivity index (χ0v) is 13.5. The van der Waals surface area contributed by atoms with Crippen LogP contribution in [0.1, 0.15) is 66.3 Å². The van der Waals surface area contributed by atoms with E-state index >= 15 is 0 Å². The molecule has 0 saturated heterocycles. The fourth-order valence-corrected chi connectivity index (χ4v) is 3.15. The molecule has 1 aliphatic rings. The van der Waals surface area contributed by atoms with Gasteiger partial charge < -0.3 is 11.1 Å². The van der Waals surface area contributed by atoms with Crippen molar-refractivity contribution in [2.45, 2.75) is 51.2 Å². The Balaban J connectivity index is 1.62. The number of carbonyl (C=O) groups is 1. The molecular formula is C18H24N4O. The summed E-state index contributed by atoms with van der Waals surface area (Å²) >= 11 is 0. The molecule has 1 aromatic carbocycles. The third kappa shape index (κ3) is 3.62. The summed E-state index contributed by atoms with van der Waals surface area (Å²) < 4.78 is 1.89. The number of amides is 1. The topological polar surface area (TPSA) is 72.9 Å². The summed E-state index contributed by atoms with van der Waals surface area (Å²) in [5, 5.41) is 7.33. The van der Waals surface area contributed by atoms with Gasteiger partial charge in [-0.2, -0.15) is 5.10 Å². The van der Waals surface area contributed by atoms with Crippen LogP contribution < -0.4 is 11.1 Å². The molecular weight excluding hydrogens is 288 g/mol. The van der Waals surface area contributed by atoms with Gasteiger partial charge in [0.15, 0.2) is 0 Å². The van der Waals surface area contributed by atoms with Gasteiger partial charge in [-0.05, 0) is 37.0 Å². The molecule has 0 spiro atoms. The van der Waals surface area contributed by atoms with E-state index in [-0.39, 0.29) is 11.9 Å². The fourth-order valence-electron chi connectivity index (χ4n) is 3.15. The first kappa shape index (κ1) is 15.7. The maximum absolute atomic E-state index is 12.4. The molecule has 0 radical (unpaired) electrons. The molecule has 0 aliphatic heterocycles. The summed E-state index contributed by atoms with van der Waals surface area (Å²) in [5.74, 6) is -0.0642. The molecule has 5 nitrogen and oxygen atoms in total. The highest BCUT2D eigenvalue weighted by Crippen LogP contribution is 2.29. The number of rotatable bonds is 5. The lowest BCUT2D eigenvalue weighted by atomic mass is 10.1. The van der Waals surface area contributed by atoms with Gasteiger partial charge in [0, 0.05) is 18.8 Å². The molecule has 2 aromatic rings. The summed E-state index contributed by atoms with van der Waals surface area (Å²) in [6.45, 7) is 2.47. The van der Waals surface area contributed by atoms with Gasteiger partial charge in [0.25, 0.3) is 5.91 Å². The van der Waals surface area contributed by atoms with E-state index in [1.807, 2.05) is 35.9 Å². The lowest BCUT2D eigenvalue weighted by molar-refractivity contribution is 0.0937. The molecule has 3 N–H and O–H groups in total. The van der Waals surface area contributed by atoms with Crippen LogP contribution >= 0.6 is 0 Å². The van der Waals surface area contributed by atoms with Crippen molar-refractivity contribution in [1.29, 1.82) is 0 Å². The highest BCUT2D eigenvalue weighted by Gasteiger charge is 2.22. The molecule has 23 heavy (non-hydrogen) atoms. The minimum Gasteiger partial charge on any atom is -0.347 e. The van der Waals surface area contributed by atoms with E-state index in [1.165, 1.54) is 12.8 Å². The number of benzene rings is 1. The molecule has 5 heteroatoms. The summed E-state index contributed by atoms with van der Waals surface area (Å²) in [5.41, 5.74) is 8.66. The predicted octanol–water partition coefficient (Wildman–Crippen LogP) is 2.95. The van der Waals surface area contributed by atoms with Crippen LogP contribution in [0.5, 0.6) is 0 Å². The van der Waals surface area contributed by atoms with Gasteiger partial charge >= 0.3 is 0 Å². The number of nitrogens with zero attached hydrogens (tertiary/aromatic N) is 2. The van der Waals surface area contributed by atoms with Gasteiger partial charge in [0.2, 0.25) is 0 Å². The highest BCUT2D eigenvalue weighted by atomic mass is 16.2. The normalized spacial score (nSPS) is 16.4. The Kier molecular flexibility index (Phi) is 4.76. The molecule has 1 aliphatic carbocycles. The molecule has 122 valence electrons. The third-order valence-electron chi connectivity index (χ3n) is 4.53. The Morgan fingerprint density at radius 3 is 2.65 bits per heavy atom. The quantitative estimate of drug-likeness (QED) is 0.891. The Bertz CT molecular complexity index is 654. The SMILES string of the molecule is CC(N)c1ccc(CNC(=O)c2ccnn2C2CCCC2)cc1. The van der Waals surface area contributed by atoms with Gasteiger partial charge in [-0.3, -0.25) is 9.48 Å². The molecule has 1 heterocycles. The van der Waals surface area contributed by atoms with Crippen molar-refractivity contribution < 1.29 is 4.79 Å². The van der Waals surface area contributed by atoms with Crippen molar-refractivity contribution in [2.24, 2.45) is 5.73 Å². The Morgan fingerprint density at radius 1 is 1.30 bits per heavy atom. The first-order chi connectivity index (χ1) is 11.1. The molecule has 1 atom stereocenters. The Labute approximate surface area is 136 Å². The fraction of sp³-hybridized carbons (Fsp3) is 0.444. The van der Waals surface area contributed by atoms with Crippen molar-refractivity contribution in [3.05, 3.63) is 53.3 Å². The third-order valence-corrected chi connectivity index (χ3v) is 4.53. The highest BCUT2D eigenvalue weighted by molar-refractivity contribution is 5.92. The summed E-state index contributed by atoms with van der Waals surface area (Å²) in [4.78, 5) is 12.4. The second kappa shape index (κ2) is 6.96. The standard InChI is InChI=1S/C18H24N4O/c1-13(19)15-8-6-14(7-9-15)12-20-18(23)17-10-11-21-22(17)16-4-2-3-5-16/h6-11,13,16H,2-5,12,19H2,1H3,(H,20,23). The summed E-state index contributed by atoms with van der Waals surface area (Å²) in [6, 6.07) is 10.2. The van der Waals surface area contributed by atoms with Crippen LogP contribution in [0.15, 0.2) is 36.5 Å². The smallest absolute Gasteiger partial charge is 0.269 e. The number of aromatic nitrogens is 2. The van der Waals surface area contributed by atoms with Crippen LogP contribution in [-0.2, 0) is 6.54 Å². The van der Waals surface area contributed by atoms with Crippen molar-refractivity contribution in [3.8, 4) is 0 Å². The lowest BCUT2D eigenvalue weighted by Crippen LogP contribution is -2.26. The maximum atomic E-state index is 12.4. The zero-order valence-electron chi connectivity index (χ0n) is 13.5. The van der Waals surface area contributed by atoms with Crippen molar-refractivity contribution in [1.82, 2.24) is 15.1 Å². The molecule has 1 unspecified atom stereocenters. The van der Waals surface area contributed by atoms with Crippen molar-refractivity contribution >= 4 is 5.91 Å².